The Bertz CT molecular complexity index is 899. The van der Waals surface area contributed by atoms with Crippen molar-refractivity contribution in [3.63, 3.8) is 0 Å². The number of hydrogen-bond acceptors (Lipinski definition) is 6. The molecule has 25 heavy (non-hydrogen) atoms. The molecule has 0 saturated heterocycles. The fourth-order valence-electron chi connectivity index (χ4n) is 2.18. The summed E-state index contributed by atoms with van der Waals surface area (Å²) in [5.41, 5.74) is 0.665. The van der Waals surface area contributed by atoms with E-state index in [2.05, 4.69) is 15.5 Å². The third kappa shape index (κ3) is 4.10. The molecule has 2 aromatic carbocycles. The van der Waals surface area contributed by atoms with Crippen molar-refractivity contribution in [3.05, 3.63) is 69.3 Å². The number of nitrogens with zero attached hydrogens (tertiary/aromatic N) is 3. The fourth-order valence-corrected chi connectivity index (χ4v) is 2.31. The molecule has 0 atom stereocenters. The van der Waals surface area contributed by atoms with Gasteiger partial charge in [0.25, 0.3) is 5.69 Å². The lowest BCUT2D eigenvalue weighted by Gasteiger charge is -2.05. The van der Waals surface area contributed by atoms with Gasteiger partial charge < -0.3 is 9.84 Å². The summed E-state index contributed by atoms with van der Waals surface area (Å²) >= 11 is 5.83. The first kappa shape index (κ1) is 16.8. The Morgan fingerprint density at radius 1 is 1.24 bits per heavy atom. The molecule has 7 nitrogen and oxygen atoms in total. The van der Waals surface area contributed by atoms with Gasteiger partial charge in [0, 0.05) is 23.6 Å². The zero-order valence-electron chi connectivity index (χ0n) is 12.8. The van der Waals surface area contributed by atoms with Crippen LogP contribution in [0.3, 0.4) is 0 Å². The van der Waals surface area contributed by atoms with Crippen LogP contribution >= 0.6 is 11.6 Å². The lowest BCUT2D eigenvalue weighted by Crippen LogP contribution is -2.07. The Kier molecular flexibility index (Phi) is 4.90. The van der Waals surface area contributed by atoms with Crippen LogP contribution in [0.25, 0.3) is 11.4 Å². The maximum absolute atomic E-state index is 13.1. The van der Waals surface area contributed by atoms with E-state index in [0.29, 0.717) is 29.7 Å². The normalized spacial score (nSPS) is 10.6. The van der Waals surface area contributed by atoms with Crippen molar-refractivity contribution in [2.24, 2.45) is 0 Å². The van der Waals surface area contributed by atoms with Crippen LogP contribution in [0.1, 0.15) is 5.89 Å². The number of halogens is 2. The van der Waals surface area contributed by atoms with Crippen LogP contribution in [0.4, 0.5) is 15.8 Å². The SMILES string of the molecule is O=[N+]([O-])c1cc(F)ccc1NCCc1nc(-c2ccc(Cl)cc2)no1. The zero-order valence-corrected chi connectivity index (χ0v) is 13.5. The first-order valence-corrected chi connectivity index (χ1v) is 7.67. The van der Waals surface area contributed by atoms with Gasteiger partial charge in [0.15, 0.2) is 0 Å². The van der Waals surface area contributed by atoms with Gasteiger partial charge in [0.05, 0.1) is 11.0 Å². The third-order valence-corrected chi connectivity index (χ3v) is 3.63. The van der Waals surface area contributed by atoms with Crippen LogP contribution in [0.5, 0.6) is 0 Å². The third-order valence-electron chi connectivity index (χ3n) is 3.38. The van der Waals surface area contributed by atoms with Crippen molar-refractivity contribution in [1.29, 1.82) is 0 Å². The fraction of sp³-hybridized carbons (Fsp3) is 0.125. The molecule has 0 fully saturated rings. The Hall–Kier alpha value is -3.00. The van der Waals surface area contributed by atoms with Gasteiger partial charge in [0.2, 0.25) is 11.7 Å². The quantitative estimate of drug-likeness (QED) is 0.524. The highest BCUT2D eigenvalue weighted by atomic mass is 35.5. The Labute approximate surface area is 146 Å². The summed E-state index contributed by atoms with van der Waals surface area (Å²) in [5, 5.41) is 18.3. The number of rotatable bonds is 6. The van der Waals surface area contributed by atoms with Crippen LogP contribution in [0.15, 0.2) is 47.0 Å². The average molecular weight is 363 g/mol. The second-order valence-electron chi connectivity index (χ2n) is 5.11. The molecule has 0 amide bonds. The summed E-state index contributed by atoms with van der Waals surface area (Å²) in [5.74, 6) is 0.142. The predicted molar refractivity (Wildman–Crippen MR) is 90.0 cm³/mol. The summed E-state index contributed by atoms with van der Waals surface area (Å²) in [6.07, 6.45) is 0.356. The maximum atomic E-state index is 13.1. The van der Waals surface area contributed by atoms with E-state index in [1.54, 1.807) is 24.3 Å². The smallest absolute Gasteiger partial charge is 0.295 e. The summed E-state index contributed by atoms with van der Waals surface area (Å²) in [4.78, 5) is 14.6. The largest absolute Gasteiger partial charge is 0.379 e. The minimum Gasteiger partial charge on any atom is -0.379 e. The van der Waals surface area contributed by atoms with E-state index < -0.39 is 10.7 Å². The number of nitro benzene ring substituents is 1. The predicted octanol–water partition coefficient (Wildman–Crippen LogP) is 4.09. The molecule has 128 valence electrons. The van der Waals surface area contributed by atoms with Crippen molar-refractivity contribution < 1.29 is 13.8 Å². The second-order valence-corrected chi connectivity index (χ2v) is 5.55. The Morgan fingerprint density at radius 2 is 2.00 bits per heavy atom. The number of hydrogen-bond donors (Lipinski definition) is 1. The Balaban J connectivity index is 1.64. The van der Waals surface area contributed by atoms with Crippen molar-refractivity contribution >= 4 is 23.0 Å². The summed E-state index contributed by atoms with van der Waals surface area (Å²) in [6, 6.07) is 10.3. The minimum atomic E-state index is -0.665. The van der Waals surface area contributed by atoms with E-state index in [0.717, 1.165) is 17.7 Å². The molecule has 1 heterocycles. The molecule has 0 unspecified atom stereocenters. The number of benzene rings is 2. The average Bonchev–Trinajstić information content (AvgIpc) is 3.05. The monoisotopic (exact) mass is 362 g/mol. The molecule has 1 aromatic heterocycles. The lowest BCUT2D eigenvalue weighted by molar-refractivity contribution is -0.384. The highest BCUT2D eigenvalue weighted by Crippen LogP contribution is 2.25. The van der Waals surface area contributed by atoms with E-state index >= 15 is 0 Å². The van der Waals surface area contributed by atoms with E-state index in [-0.39, 0.29) is 11.4 Å². The van der Waals surface area contributed by atoms with Crippen LogP contribution in [-0.2, 0) is 6.42 Å². The van der Waals surface area contributed by atoms with Crippen LogP contribution < -0.4 is 5.32 Å². The van der Waals surface area contributed by atoms with Gasteiger partial charge in [-0.25, -0.2) is 4.39 Å². The highest BCUT2D eigenvalue weighted by molar-refractivity contribution is 6.30. The molecular formula is C16H12ClFN4O3. The topological polar surface area (TPSA) is 94.1 Å². The van der Waals surface area contributed by atoms with Gasteiger partial charge in [-0.15, -0.1) is 0 Å². The van der Waals surface area contributed by atoms with Gasteiger partial charge in [-0.05, 0) is 36.4 Å². The molecule has 0 radical (unpaired) electrons. The van der Waals surface area contributed by atoms with E-state index in [4.69, 9.17) is 16.1 Å². The standard InChI is InChI=1S/C16H12ClFN4O3/c17-11-3-1-10(2-4-11)16-20-15(25-21-16)7-8-19-13-6-5-12(18)9-14(13)22(23)24/h1-6,9,19H,7-8H2. The van der Waals surface area contributed by atoms with Gasteiger partial charge >= 0.3 is 0 Å². The maximum Gasteiger partial charge on any atom is 0.295 e. The van der Waals surface area contributed by atoms with E-state index in [9.17, 15) is 14.5 Å². The van der Waals surface area contributed by atoms with Crippen molar-refractivity contribution in [2.75, 3.05) is 11.9 Å². The summed E-state index contributed by atoms with van der Waals surface area (Å²) in [6.45, 7) is 0.314. The summed E-state index contributed by atoms with van der Waals surface area (Å²) < 4.78 is 18.3. The van der Waals surface area contributed by atoms with Crippen molar-refractivity contribution in [2.45, 2.75) is 6.42 Å². The first-order valence-electron chi connectivity index (χ1n) is 7.29. The highest BCUT2D eigenvalue weighted by Gasteiger charge is 2.15. The first-order chi connectivity index (χ1) is 12.0. The van der Waals surface area contributed by atoms with Crippen molar-refractivity contribution in [1.82, 2.24) is 10.1 Å². The van der Waals surface area contributed by atoms with Gasteiger partial charge in [-0.1, -0.05) is 16.8 Å². The molecule has 3 rings (SSSR count). The van der Waals surface area contributed by atoms with Gasteiger partial charge in [-0.3, -0.25) is 10.1 Å². The van der Waals surface area contributed by atoms with Crippen LogP contribution in [0.2, 0.25) is 5.02 Å². The molecule has 0 aliphatic carbocycles. The molecule has 3 aromatic rings. The number of nitrogens with one attached hydrogen (secondary N) is 1. The van der Waals surface area contributed by atoms with Crippen LogP contribution in [-0.4, -0.2) is 21.6 Å². The molecule has 0 bridgehead atoms. The molecular weight excluding hydrogens is 351 g/mol. The molecule has 0 aliphatic rings. The second kappa shape index (κ2) is 7.27. The number of aromatic nitrogens is 2. The molecule has 0 saturated carbocycles. The zero-order chi connectivity index (χ0) is 17.8. The Morgan fingerprint density at radius 3 is 2.72 bits per heavy atom. The lowest BCUT2D eigenvalue weighted by atomic mass is 10.2. The van der Waals surface area contributed by atoms with Crippen LogP contribution in [0, 0.1) is 15.9 Å². The van der Waals surface area contributed by atoms with Gasteiger partial charge in [0.1, 0.15) is 11.5 Å². The van der Waals surface area contributed by atoms with E-state index in [1.807, 2.05) is 0 Å². The minimum absolute atomic E-state index is 0.226. The molecule has 0 spiro atoms. The van der Waals surface area contributed by atoms with Crippen molar-refractivity contribution in [3.8, 4) is 11.4 Å². The number of nitro groups is 1. The van der Waals surface area contributed by atoms with E-state index in [1.165, 1.54) is 6.07 Å². The number of anilines is 1. The van der Waals surface area contributed by atoms with Gasteiger partial charge in [-0.2, -0.15) is 4.98 Å². The molecule has 1 N–H and O–H groups in total. The molecule has 0 aliphatic heterocycles. The summed E-state index contributed by atoms with van der Waals surface area (Å²) in [7, 11) is 0. The molecule has 9 heteroatoms.